The van der Waals surface area contributed by atoms with Crippen LogP contribution in [0.2, 0.25) is 5.02 Å². The van der Waals surface area contributed by atoms with E-state index in [9.17, 15) is 14.4 Å². The molecule has 0 unspecified atom stereocenters. The van der Waals surface area contributed by atoms with Gasteiger partial charge in [-0.25, -0.2) is 0 Å². The molecule has 2 heterocycles. The van der Waals surface area contributed by atoms with Gasteiger partial charge in [-0.05, 0) is 61.7 Å². The molecule has 0 spiro atoms. The van der Waals surface area contributed by atoms with Crippen LogP contribution in [0, 0.1) is 12.8 Å². The van der Waals surface area contributed by atoms with Crippen molar-refractivity contribution in [1.82, 2.24) is 5.32 Å². The van der Waals surface area contributed by atoms with Crippen LogP contribution in [0.15, 0.2) is 42.5 Å². The molecule has 180 valence electrons. The van der Waals surface area contributed by atoms with Gasteiger partial charge in [-0.15, -0.1) is 0 Å². The Hall–Kier alpha value is -3.10. The van der Waals surface area contributed by atoms with Crippen LogP contribution in [0.3, 0.4) is 0 Å². The summed E-state index contributed by atoms with van der Waals surface area (Å²) in [4.78, 5) is 38.7. The number of amides is 3. The molecule has 2 aliphatic heterocycles. The summed E-state index contributed by atoms with van der Waals surface area (Å²) in [5.41, 5.74) is 2.21. The van der Waals surface area contributed by atoms with Gasteiger partial charge in [-0.2, -0.15) is 0 Å². The summed E-state index contributed by atoms with van der Waals surface area (Å²) in [5.74, 6) is -0.410. The van der Waals surface area contributed by atoms with Gasteiger partial charge in [0, 0.05) is 42.5 Å². The maximum Gasteiger partial charge on any atom is 0.262 e. The van der Waals surface area contributed by atoms with Gasteiger partial charge in [0.05, 0.1) is 12.0 Å². The first-order chi connectivity index (χ1) is 16.4. The molecule has 2 aliphatic rings. The van der Waals surface area contributed by atoms with Gasteiger partial charge >= 0.3 is 0 Å². The Morgan fingerprint density at radius 3 is 2.71 bits per heavy atom. The molecule has 8 nitrogen and oxygen atoms in total. The third-order valence-corrected chi connectivity index (χ3v) is 6.40. The lowest BCUT2D eigenvalue weighted by Gasteiger charge is -2.18. The number of benzene rings is 2. The number of carbonyl (C=O) groups excluding carboxylic acids is 3. The second-order valence-corrected chi connectivity index (χ2v) is 8.99. The molecule has 0 saturated carbocycles. The molecule has 2 saturated heterocycles. The van der Waals surface area contributed by atoms with Crippen molar-refractivity contribution < 1.29 is 23.9 Å². The summed E-state index contributed by atoms with van der Waals surface area (Å²) in [6, 6.07) is 12.2. The maximum absolute atomic E-state index is 12.5. The monoisotopic (exact) mass is 485 g/mol. The topological polar surface area (TPSA) is 97.0 Å². The summed E-state index contributed by atoms with van der Waals surface area (Å²) in [6.45, 7) is 3.28. The molecule has 9 heteroatoms. The molecular formula is C25H28ClN3O5. The van der Waals surface area contributed by atoms with Crippen LogP contribution in [0.4, 0.5) is 11.4 Å². The molecule has 3 amide bonds. The van der Waals surface area contributed by atoms with Gasteiger partial charge in [0.2, 0.25) is 11.8 Å². The number of nitrogens with one attached hydrogen (secondary N) is 2. The number of hydrogen-bond acceptors (Lipinski definition) is 5. The van der Waals surface area contributed by atoms with Gasteiger partial charge in [0.1, 0.15) is 5.75 Å². The zero-order chi connectivity index (χ0) is 24.1. The van der Waals surface area contributed by atoms with Crippen molar-refractivity contribution in [2.75, 3.05) is 36.5 Å². The van der Waals surface area contributed by atoms with E-state index in [2.05, 4.69) is 10.6 Å². The van der Waals surface area contributed by atoms with Crippen molar-refractivity contribution in [1.29, 1.82) is 0 Å². The fraction of sp³-hybridized carbons (Fsp3) is 0.400. The molecule has 0 bridgehead atoms. The predicted molar refractivity (Wildman–Crippen MR) is 129 cm³/mol. The van der Waals surface area contributed by atoms with Crippen LogP contribution >= 0.6 is 11.6 Å². The predicted octanol–water partition coefficient (Wildman–Crippen LogP) is 3.31. The van der Waals surface area contributed by atoms with Crippen molar-refractivity contribution in [3.63, 3.8) is 0 Å². The number of rotatable bonds is 8. The van der Waals surface area contributed by atoms with E-state index in [4.69, 9.17) is 21.1 Å². The van der Waals surface area contributed by atoms with Crippen molar-refractivity contribution in [2.24, 2.45) is 5.92 Å². The Labute approximate surface area is 203 Å². The lowest BCUT2D eigenvalue weighted by atomic mass is 10.1. The van der Waals surface area contributed by atoms with E-state index >= 15 is 0 Å². The second-order valence-electron chi connectivity index (χ2n) is 8.58. The third-order valence-electron chi connectivity index (χ3n) is 6.00. The highest BCUT2D eigenvalue weighted by Gasteiger charge is 2.35. The van der Waals surface area contributed by atoms with Gasteiger partial charge < -0.3 is 25.0 Å². The minimum absolute atomic E-state index is 0.0708. The zero-order valence-electron chi connectivity index (χ0n) is 19.0. The van der Waals surface area contributed by atoms with E-state index in [1.165, 1.54) is 0 Å². The van der Waals surface area contributed by atoms with Crippen molar-refractivity contribution in [3.05, 3.63) is 53.1 Å². The maximum atomic E-state index is 12.5. The smallest absolute Gasteiger partial charge is 0.262 e. The summed E-state index contributed by atoms with van der Waals surface area (Å²) >= 11 is 6.08. The number of hydrogen-bond donors (Lipinski definition) is 2. The van der Waals surface area contributed by atoms with Crippen LogP contribution in [0.5, 0.6) is 5.75 Å². The average molecular weight is 486 g/mol. The van der Waals surface area contributed by atoms with Gasteiger partial charge in [0.15, 0.2) is 6.61 Å². The first-order valence-corrected chi connectivity index (χ1v) is 11.8. The van der Waals surface area contributed by atoms with E-state index in [0.717, 1.165) is 25.0 Å². The molecule has 0 aliphatic carbocycles. The standard InChI is InChI=1S/C25H28ClN3O5/c1-16-4-5-18(12-22(16)26)28-23(30)15-34-20-8-6-19(7-9-20)29-14-17(11-24(29)31)25(32)27-13-21-3-2-10-33-21/h4-9,12,17,21H,2-3,10-11,13-15H2,1H3,(H,27,32)(H,28,30)/t17-,21+/m0/s1. The number of halogens is 1. The summed E-state index contributed by atoms with van der Waals surface area (Å²) < 4.78 is 11.1. The van der Waals surface area contributed by atoms with E-state index in [-0.39, 0.29) is 42.8 Å². The highest BCUT2D eigenvalue weighted by atomic mass is 35.5. The Morgan fingerprint density at radius 2 is 2.00 bits per heavy atom. The minimum Gasteiger partial charge on any atom is -0.484 e. The third kappa shape index (κ3) is 6.07. The molecule has 2 aromatic carbocycles. The van der Waals surface area contributed by atoms with Crippen LogP contribution in [0.1, 0.15) is 24.8 Å². The van der Waals surface area contributed by atoms with E-state index in [0.29, 0.717) is 35.2 Å². The first kappa shape index (κ1) is 24.0. The fourth-order valence-corrected chi connectivity index (χ4v) is 4.22. The van der Waals surface area contributed by atoms with E-state index < -0.39 is 0 Å². The molecule has 0 aromatic heterocycles. The fourth-order valence-electron chi connectivity index (χ4n) is 4.04. The van der Waals surface area contributed by atoms with Gasteiger partial charge in [0.25, 0.3) is 5.91 Å². The number of anilines is 2. The number of ether oxygens (including phenoxy) is 2. The largest absolute Gasteiger partial charge is 0.484 e. The average Bonchev–Trinajstić information content (AvgIpc) is 3.49. The Bertz CT molecular complexity index is 1050. The van der Waals surface area contributed by atoms with Crippen LogP contribution < -0.4 is 20.3 Å². The van der Waals surface area contributed by atoms with Crippen LogP contribution in [-0.2, 0) is 19.1 Å². The van der Waals surface area contributed by atoms with Crippen LogP contribution in [-0.4, -0.2) is 50.1 Å². The quantitative estimate of drug-likeness (QED) is 0.598. The Balaban J connectivity index is 1.25. The lowest BCUT2D eigenvalue weighted by molar-refractivity contribution is -0.126. The number of nitrogens with zero attached hydrogens (tertiary/aromatic N) is 1. The van der Waals surface area contributed by atoms with Crippen molar-refractivity contribution in [2.45, 2.75) is 32.3 Å². The normalized spacial score (nSPS) is 19.8. The SMILES string of the molecule is Cc1ccc(NC(=O)COc2ccc(N3C[C@@H](C(=O)NC[C@H]4CCCO4)CC3=O)cc2)cc1Cl. The zero-order valence-corrected chi connectivity index (χ0v) is 19.8. The van der Waals surface area contributed by atoms with Crippen LogP contribution in [0.25, 0.3) is 0 Å². The molecular weight excluding hydrogens is 458 g/mol. The highest BCUT2D eigenvalue weighted by molar-refractivity contribution is 6.31. The van der Waals surface area contributed by atoms with Crippen molar-refractivity contribution in [3.8, 4) is 5.75 Å². The minimum atomic E-state index is -0.385. The summed E-state index contributed by atoms with van der Waals surface area (Å²) in [6.07, 6.45) is 2.22. The Morgan fingerprint density at radius 1 is 1.21 bits per heavy atom. The molecule has 2 atom stereocenters. The molecule has 2 N–H and O–H groups in total. The number of carbonyl (C=O) groups is 3. The summed E-state index contributed by atoms with van der Waals surface area (Å²) in [5, 5.41) is 6.23. The molecule has 2 aromatic rings. The van der Waals surface area contributed by atoms with Crippen molar-refractivity contribution >= 4 is 40.7 Å². The molecule has 4 rings (SSSR count). The highest BCUT2D eigenvalue weighted by Crippen LogP contribution is 2.27. The second kappa shape index (κ2) is 10.9. The van der Waals surface area contributed by atoms with Gasteiger partial charge in [-0.1, -0.05) is 17.7 Å². The van der Waals surface area contributed by atoms with Gasteiger partial charge in [-0.3, -0.25) is 14.4 Å². The molecule has 2 fully saturated rings. The van der Waals surface area contributed by atoms with E-state index in [1.54, 1.807) is 41.3 Å². The Kier molecular flexibility index (Phi) is 7.70. The number of aryl methyl sites for hydroxylation is 1. The van der Waals surface area contributed by atoms with E-state index in [1.807, 2.05) is 13.0 Å². The molecule has 34 heavy (non-hydrogen) atoms. The first-order valence-electron chi connectivity index (χ1n) is 11.4. The lowest BCUT2D eigenvalue weighted by Crippen LogP contribution is -2.37. The molecule has 0 radical (unpaired) electrons. The summed E-state index contributed by atoms with van der Waals surface area (Å²) in [7, 11) is 0.